The van der Waals surface area contributed by atoms with Crippen LogP contribution in [0.25, 0.3) is 0 Å². The molecule has 0 saturated carbocycles. The van der Waals surface area contributed by atoms with Crippen LogP contribution in [-0.4, -0.2) is 28.0 Å². The molecule has 0 radical (unpaired) electrons. The number of nitrogens with zero attached hydrogens (tertiary/aromatic N) is 3. The highest BCUT2D eigenvalue weighted by molar-refractivity contribution is 5.93. The molecule has 4 rings (SSSR count). The number of ether oxygens (including phenoxy) is 2. The Kier molecular flexibility index (Phi) is 5.22. The lowest BCUT2D eigenvalue weighted by atomic mass is 10.1. The number of aromatic nitrogens is 3. The number of rotatable bonds is 5. The zero-order valence-electron chi connectivity index (χ0n) is 15.6. The largest absolute Gasteiger partial charge is 0.497 e. The molecule has 2 heterocycles. The molecule has 1 aliphatic rings. The van der Waals surface area contributed by atoms with Gasteiger partial charge in [0.05, 0.1) is 26.0 Å². The number of carbonyl (C=O) groups excluding carboxylic acids is 1. The number of nitrogens with one attached hydrogen (secondary N) is 1. The maximum atomic E-state index is 13.3. The highest BCUT2D eigenvalue weighted by Gasteiger charge is 2.27. The summed E-state index contributed by atoms with van der Waals surface area (Å²) in [6.07, 6.45) is -0.221. The van der Waals surface area contributed by atoms with E-state index in [1.807, 2.05) is 24.3 Å². The molecule has 3 aromatic rings. The van der Waals surface area contributed by atoms with Crippen LogP contribution in [0.4, 0.5) is 8.78 Å². The van der Waals surface area contributed by atoms with Crippen molar-refractivity contribution in [2.24, 2.45) is 0 Å². The van der Waals surface area contributed by atoms with E-state index < -0.39 is 17.5 Å². The average Bonchev–Trinajstić information content (AvgIpc) is 3.15. The highest BCUT2D eigenvalue weighted by atomic mass is 19.1. The summed E-state index contributed by atoms with van der Waals surface area (Å²) >= 11 is 0. The van der Waals surface area contributed by atoms with Gasteiger partial charge in [-0.3, -0.25) is 4.79 Å². The molecule has 0 unspecified atom stereocenters. The quantitative estimate of drug-likeness (QED) is 0.713. The van der Waals surface area contributed by atoms with Crippen LogP contribution in [0.5, 0.6) is 5.75 Å². The molecule has 0 saturated heterocycles. The second-order valence-electron chi connectivity index (χ2n) is 6.60. The third kappa shape index (κ3) is 4.09. The number of amides is 1. The monoisotopic (exact) mass is 400 g/mol. The predicted octanol–water partition coefficient (Wildman–Crippen LogP) is 2.77. The minimum Gasteiger partial charge on any atom is -0.497 e. The topological polar surface area (TPSA) is 78.3 Å². The van der Waals surface area contributed by atoms with E-state index in [0.717, 1.165) is 29.5 Å². The molecule has 1 N–H and O–H groups in total. The molecule has 1 amide bonds. The Morgan fingerprint density at radius 3 is 2.66 bits per heavy atom. The van der Waals surface area contributed by atoms with Crippen LogP contribution >= 0.6 is 0 Å². The normalized spacial score (nSPS) is 15.6. The van der Waals surface area contributed by atoms with Gasteiger partial charge >= 0.3 is 0 Å². The first-order valence-corrected chi connectivity index (χ1v) is 8.94. The summed E-state index contributed by atoms with van der Waals surface area (Å²) in [5.41, 5.74) is 1.96. The van der Waals surface area contributed by atoms with E-state index in [2.05, 4.69) is 15.6 Å². The van der Waals surface area contributed by atoms with Gasteiger partial charge in [-0.1, -0.05) is 17.3 Å². The Labute approximate surface area is 165 Å². The average molecular weight is 400 g/mol. The molecule has 9 heteroatoms. The van der Waals surface area contributed by atoms with Crippen LogP contribution in [-0.2, 0) is 24.4 Å². The van der Waals surface area contributed by atoms with Gasteiger partial charge in [0.25, 0.3) is 5.91 Å². The van der Waals surface area contributed by atoms with Gasteiger partial charge in [-0.2, -0.15) is 0 Å². The number of methoxy groups -OCH3 is 1. The summed E-state index contributed by atoms with van der Waals surface area (Å²) in [6.45, 7) is 0.549. The van der Waals surface area contributed by atoms with Crippen molar-refractivity contribution in [1.82, 2.24) is 20.3 Å². The van der Waals surface area contributed by atoms with Crippen LogP contribution < -0.4 is 10.1 Å². The molecule has 2 aromatic carbocycles. The molecule has 7 nitrogen and oxygen atoms in total. The molecular weight excluding hydrogens is 382 g/mol. The van der Waals surface area contributed by atoms with Crippen molar-refractivity contribution in [3.8, 4) is 5.75 Å². The minimum atomic E-state index is -0.701. The van der Waals surface area contributed by atoms with Gasteiger partial charge in [-0.15, -0.1) is 5.10 Å². The summed E-state index contributed by atoms with van der Waals surface area (Å²) in [5.74, 6) is -1.13. The number of carbonyl (C=O) groups is 1. The smallest absolute Gasteiger partial charge is 0.274 e. The molecule has 1 aromatic heterocycles. The Balaban J connectivity index is 1.43. The molecule has 29 heavy (non-hydrogen) atoms. The van der Waals surface area contributed by atoms with Crippen molar-refractivity contribution >= 4 is 5.91 Å². The third-order valence-corrected chi connectivity index (χ3v) is 4.68. The van der Waals surface area contributed by atoms with E-state index in [9.17, 15) is 13.6 Å². The van der Waals surface area contributed by atoms with Gasteiger partial charge in [0.1, 0.15) is 23.5 Å². The van der Waals surface area contributed by atoms with E-state index in [4.69, 9.17) is 9.47 Å². The standard InChI is InChI=1S/C20H18F2N4O3/c1-28-16-4-2-13(3-5-16)18-10-26-17(11-29-18)19(24-25-26)20(27)23-9-12-6-14(21)8-15(22)7-12/h2-8,18H,9-11H2,1H3,(H,23,27)/t18-/m0/s1. The van der Waals surface area contributed by atoms with Crippen LogP contribution in [0.1, 0.15) is 33.4 Å². The number of benzene rings is 2. The molecule has 0 fully saturated rings. The van der Waals surface area contributed by atoms with Crippen molar-refractivity contribution in [1.29, 1.82) is 0 Å². The maximum absolute atomic E-state index is 13.3. The highest BCUT2D eigenvalue weighted by Crippen LogP contribution is 2.28. The molecule has 1 aliphatic heterocycles. The number of halogens is 2. The van der Waals surface area contributed by atoms with Gasteiger partial charge in [-0.05, 0) is 35.4 Å². The SMILES string of the molecule is COc1ccc([C@@H]2Cn3nnc(C(=O)NCc4cc(F)cc(F)c4)c3CO2)cc1. The predicted molar refractivity (Wildman–Crippen MR) is 98.1 cm³/mol. The zero-order chi connectivity index (χ0) is 20.4. The van der Waals surface area contributed by atoms with E-state index in [0.29, 0.717) is 17.8 Å². The van der Waals surface area contributed by atoms with Crippen molar-refractivity contribution in [2.45, 2.75) is 25.8 Å². The first-order chi connectivity index (χ1) is 14.0. The maximum Gasteiger partial charge on any atom is 0.274 e. The molecule has 0 bridgehead atoms. The van der Waals surface area contributed by atoms with Crippen LogP contribution in [0, 0.1) is 11.6 Å². The van der Waals surface area contributed by atoms with Gasteiger partial charge in [-0.25, -0.2) is 13.5 Å². The lowest BCUT2D eigenvalue weighted by Gasteiger charge is -2.24. The summed E-state index contributed by atoms with van der Waals surface area (Å²) in [6, 6.07) is 10.6. The summed E-state index contributed by atoms with van der Waals surface area (Å²) in [5, 5.41) is 10.6. The molecule has 150 valence electrons. The van der Waals surface area contributed by atoms with Crippen LogP contribution in [0.3, 0.4) is 0 Å². The fraction of sp³-hybridized carbons (Fsp3) is 0.250. The van der Waals surface area contributed by atoms with Crippen LogP contribution in [0.2, 0.25) is 0 Å². The van der Waals surface area contributed by atoms with E-state index in [1.165, 1.54) is 0 Å². The number of fused-ring (bicyclic) bond motifs is 1. The van der Waals surface area contributed by atoms with Gasteiger partial charge in [0, 0.05) is 12.6 Å². The van der Waals surface area contributed by atoms with Crippen LogP contribution in [0.15, 0.2) is 42.5 Å². The second-order valence-corrected chi connectivity index (χ2v) is 6.60. The second kappa shape index (κ2) is 7.96. The van der Waals surface area contributed by atoms with Gasteiger partial charge in [0.15, 0.2) is 5.69 Å². The zero-order valence-corrected chi connectivity index (χ0v) is 15.6. The molecule has 1 atom stereocenters. The summed E-state index contributed by atoms with van der Waals surface area (Å²) in [7, 11) is 1.60. The van der Waals surface area contributed by atoms with Crippen molar-refractivity contribution in [3.63, 3.8) is 0 Å². The first-order valence-electron chi connectivity index (χ1n) is 8.94. The van der Waals surface area contributed by atoms with E-state index >= 15 is 0 Å². The molecular formula is C20H18F2N4O3. The summed E-state index contributed by atoms with van der Waals surface area (Å²) < 4.78 is 39.2. The van der Waals surface area contributed by atoms with Crippen molar-refractivity contribution in [3.05, 3.63) is 76.6 Å². The fourth-order valence-corrected chi connectivity index (χ4v) is 3.19. The number of hydrogen-bond donors (Lipinski definition) is 1. The Hall–Kier alpha value is -3.33. The van der Waals surface area contributed by atoms with Crippen molar-refractivity contribution in [2.75, 3.05) is 7.11 Å². The Morgan fingerprint density at radius 2 is 1.97 bits per heavy atom. The molecule has 0 aliphatic carbocycles. The van der Waals surface area contributed by atoms with E-state index in [-0.39, 0.29) is 24.9 Å². The Morgan fingerprint density at radius 1 is 1.24 bits per heavy atom. The van der Waals surface area contributed by atoms with Gasteiger partial charge in [0.2, 0.25) is 0 Å². The van der Waals surface area contributed by atoms with Crippen molar-refractivity contribution < 1.29 is 23.0 Å². The third-order valence-electron chi connectivity index (χ3n) is 4.68. The lowest BCUT2D eigenvalue weighted by Crippen LogP contribution is -2.27. The lowest BCUT2D eigenvalue weighted by molar-refractivity contribution is -0.00179. The van der Waals surface area contributed by atoms with E-state index in [1.54, 1.807) is 11.8 Å². The molecule has 0 spiro atoms. The first kappa shape index (κ1) is 19.0. The fourth-order valence-electron chi connectivity index (χ4n) is 3.19. The number of hydrogen-bond acceptors (Lipinski definition) is 5. The minimum absolute atomic E-state index is 0.0326. The Bertz CT molecular complexity index is 1020. The van der Waals surface area contributed by atoms with Gasteiger partial charge < -0.3 is 14.8 Å². The summed E-state index contributed by atoms with van der Waals surface area (Å²) in [4.78, 5) is 12.5.